The monoisotopic (exact) mass is 486 g/mol. The molecule has 4 rings (SSSR count). The number of para-hydroxylation sites is 2. The van der Waals surface area contributed by atoms with Crippen LogP contribution >= 0.6 is 11.6 Å². The van der Waals surface area contributed by atoms with Gasteiger partial charge in [-0.15, -0.1) is 0 Å². The molecule has 2 N–H and O–H groups in total. The molecule has 35 heavy (non-hydrogen) atoms. The van der Waals surface area contributed by atoms with Crippen LogP contribution in [0.5, 0.6) is 5.75 Å². The van der Waals surface area contributed by atoms with Gasteiger partial charge in [0.2, 0.25) is 0 Å². The Morgan fingerprint density at radius 1 is 1.14 bits per heavy atom. The highest BCUT2D eigenvalue weighted by molar-refractivity contribution is 6.33. The quantitative estimate of drug-likeness (QED) is 0.278. The fraction of sp³-hybridized carbons (Fsp3) is 0.0769. The number of H-pyrrole nitrogens is 1. The Kier molecular flexibility index (Phi) is 7.10. The number of carbonyl (C=O) groups excluding carboxylic acids is 2. The summed E-state index contributed by atoms with van der Waals surface area (Å²) in [5.74, 6) is -0.0470. The number of allylic oxidation sites excluding steroid dienone is 1. The number of rotatable bonds is 7. The zero-order chi connectivity index (χ0) is 24.8. The molecule has 0 radical (unpaired) electrons. The van der Waals surface area contributed by atoms with Crippen LogP contribution in [0.2, 0.25) is 5.02 Å². The van der Waals surface area contributed by atoms with Gasteiger partial charge in [0.25, 0.3) is 5.91 Å². The molecular formula is C26H19ClN4O4. The van der Waals surface area contributed by atoms with Crippen LogP contribution in [-0.2, 0) is 9.53 Å². The Morgan fingerprint density at radius 2 is 1.91 bits per heavy atom. The molecule has 4 aromatic rings. The molecule has 9 heteroatoms. The van der Waals surface area contributed by atoms with Crippen molar-refractivity contribution in [1.29, 1.82) is 5.26 Å². The summed E-state index contributed by atoms with van der Waals surface area (Å²) < 4.78 is 10.2. The van der Waals surface area contributed by atoms with Crippen molar-refractivity contribution in [2.45, 2.75) is 0 Å². The third-order valence-electron chi connectivity index (χ3n) is 4.98. The number of methoxy groups -OCH3 is 1. The summed E-state index contributed by atoms with van der Waals surface area (Å²) in [7, 11) is 1.25. The van der Waals surface area contributed by atoms with E-state index in [1.54, 1.807) is 36.4 Å². The predicted molar refractivity (Wildman–Crippen MR) is 133 cm³/mol. The van der Waals surface area contributed by atoms with Gasteiger partial charge >= 0.3 is 5.97 Å². The maximum absolute atomic E-state index is 12.3. The molecule has 0 fully saturated rings. The minimum absolute atomic E-state index is 0.149. The summed E-state index contributed by atoms with van der Waals surface area (Å²) >= 11 is 5.99. The Balaban J connectivity index is 1.38. The van der Waals surface area contributed by atoms with Crippen LogP contribution in [0.3, 0.4) is 0 Å². The van der Waals surface area contributed by atoms with E-state index < -0.39 is 11.9 Å². The standard InChI is InChI=1S/C26H19ClN4O4/c1-34-26(33)20-13-18(8-11-21(20)27)29-24(32)15-35-19-9-6-16(7-10-19)12-17(14-28)25-30-22-4-2-3-5-23(22)31-25/h2-13H,15H2,1H3,(H,29,32)(H,30,31)/b17-12+. The molecule has 0 unspecified atom stereocenters. The van der Waals surface area contributed by atoms with E-state index in [1.807, 2.05) is 24.3 Å². The first-order valence-corrected chi connectivity index (χ1v) is 10.8. The topological polar surface area (TPSA) is 117 Å². The number of amides is 1. The lowest BCUT2D eigenvalue weighted by Crippen LogP contribution is -2.20. The number of halogens is 1. The third-order valence-corrected chi connectivity index (χ3v) is 5.31. The maximum Gasteiger partial charge on any atom is 0.339 e. The second-order valence-corrected chi connectivity index (χ2v) is 7.77. The molecule has 1 aromatic heterocycles. The lowest BCUT2D eigenvalue weighted by atomic mass is 10.1. The van der Waals surface area contributed by atoms with E-state index in [0.29, 0.717) is 22.8 Å². The third kappa shape index (κ3) is 5.66. The number of benzene rings is 3. The predicted octanol–water partition coefficient (Wildman–Crippen LogP) is 5.08. The van der Waals surface area contributed by atoms with E-state index in [2.05, 4.69) is 26.1 Å². The number of fused-ring (bicyclic) bond motifs is 1. The molecule has 1 amide bonds. The summed E-state index contributed by atoms with van der Waals surface area (Å²) in [6.07, 6.45) is 1.72. The van der Waals surface area contributed by atoms with Crippen molar-refractivity contribution < 1.29 is 19.1 Å². The van der Waals surface area contributed by atoms with Crippen molar-refractivity contribution in [2.75, 3.05) is 19.0 Å². The lowest BCUT2D eigenvalue weighted by Gasteiger charge is -2.09. The molecule has 0 spiro atoms. The van der Waals surface area contributed by atoms with Crippen LogP contribution in [0.15, 0.2) is 66.7 Å². The van der Waals surface area contributed by atoms with Crippen molar-refractivity contribution >= 4 is 51.8 Å². The maximum atomic E-state index is 12.3. The highest BCUT2D eigenvalue weighted by Gasteiger charge is 2.13. The zero-order valence-corrected chi connectivity index (χ0v) is 19.3. The van der Waals surface area contributed by atoms with E-state index in [9.17, 15) is 14.9 Å². The van der Waals surface area contributed by atoms with E-state index in [4.69, 9.17) is 16.3 Å². The number of nitrogens with zero attached hydrogens (tertiary/aromatic N) is 2. The number of imidazole rings is 1. The van der Waals surface area contributed by atoms with Crippen LogP contribution < -0.4 is 10.1 Å². The number of ether oxygens (including phenoxy) is 2. The lowest BCUT2D eigenvalue weighted by molar-refractivity contribution is -0.118. The van der Waals surface area contributed by atoms with Crippen LogP contribution in [0, 0.1) is 11.3 Å². The van der Waals surface area contributed by atoms with E-state index in [1.165, 1.54) is 19.2 Å². The van der Waals surface area contributed by atoms with Crippen LogP contribution in [0.25, 0.3) is 22.7 Å². The second-order valence-electron chi connectivity index (χ2n) is 7.36. The number of hydrogen-bond acceptors (Lipinski definition) is 6. The molecule has 3 aromatic carbocycles. The second kappa shape index (κ2) is 10.5. The fourth-order valence-electron chi connectivity index (χ4n) is 3.28. The SMILES string of the molecule is COC(=O)c1cc(NC(=O)COc2ccc(/C=C(\C#N)c3nc4ccccc4[nH]3)cc2)ccc1Cl. The summed E-state index contributed by atoms with van der Waals surface area (Å²) in [5, 5.41) is 12.5. The average Bonchev–Trinajstić information content (AvgIpc) is 3.31. The Morgan fingerprint density at radius 3 is 2.63 bits per heavy atom. The smallest absolute Gasteiger partial charge is 0.339 e. The summed E-state index contributed by atoms with van der Waals surface area (Å²) in [5.41, 5.74) is 3.34. The highest BCUT2D eigenvalue weighted by atomic mass is 35.5. The Hall–Kier alpha value is -4.61. The van der Waals surface area contributed by atoms with Gasteiger partial charge in [0.15, 0.2) is 6.61 Å². The molecule has 0 aliphatic heterocycles. The zero-order valence-electron chi connectivity index (χ0n) is 18.5. The van der Waals surface area contributed by atoms with Crippen LogP contribution in [0.1, 0.15) is 21.7 Å². The van der Waals surface area contributed by atoms with Crippen LogP contribution in [-0.4, -0.2) is 35.6 Å². The Bertz CT molecular complexity index is 1440. The molecular weight excluding hydrogens is 468 g/mol. The van der Waals surface area contributed by atoms with Gasteiger partial charge in [0.05, 0.1) is 34.3 Å². The van der Waals surface area contributed by atoms with Gasteiger partial charge in [-0.1, -0.05) is 35.9 Å². The molecule has 174 valence electrons. The summed E-state index contributed by atoms with van der Waals surface area (Å²) in [6, 6.07) is 21.2. The van der Waals surface area contributed by atoms with Gasteiger partial charge in [0, 0.05) is 5.69 Å². The molecule has 0 aliphatic carbocycles. The number of aromatic amines is 1. The number of nitrogens with one attached hydrogen (secondary N) is 2. The number of nitriles is 1. The molecule has 0 bridgehead atoms. The van der Waals surface area contributed by atoms with E-state index >= 15 is 0 Å². The molecule has 8 nitrogen and oxygen atoms in total. The first-order valence-electron chi connectivity index (χ1n) is 10.4. The molecule has 1 heterocycles. The van der Waals surface area contributed by atoms with Crippen molar-refractivity contribution in [3.63, 3.8) is 0 Å². The van der Waals surface area contributed by atoms with Gasteiger partial charge in [0.1, 0.15) is 17.6 Å². The minimum atomic E-state index is -0.601. The molecule has 0 aliphatic rings. The van der Waals surface area contributed by atoms with E-state index in [-0.39, 0.29) is 17.2 Å². The number of anilines is 1. The van der Waals surface area contributed by atoms with Gasteiger partial charge in [-0.3, -0.25) is 4.79 Å². The van der Waals surface area contributed by atoms with Gasteiger partial charge in [-0.2, -0.15) is 5.26 Å². The summed E-state index contributed by atoms with van der Waals surface area (Å²) in [4.78, 5) is 31.6. The van der Waals surface area contributed by atoms with Crippen molar-refractivity contribution in [3.05, 3.63) is 88.7 Å². The average molecular weight is 487 g/mol. The Labute approximate surface area is 205 Å². The number of carbonyl (C=O) groups is 2. The number of esters is 1. The molecule has 0 saturated carbocycles. The summed E-state index contributed by atoms with van der Waals surface area (Å²) in [6.45, 7) is -0.242. The fourth-order valence-corrected chi connectivity index (χ4v) is 3.47. The van der Waals surface area contributed by atoms with Crippen molar-refractivity contribution in [2.24, 2.45) is 0 Å². The minimum Gasteiger partial charge on any atom is -0.484 e. The highest BCUT2D eigenvalue weighted by Crippen LogP contribution is 2.22. The van der Waals surface area contributed by atoms with Gasteiger partial charge < -0.3 is 19.8 Å². The van der Waals surface area contributed by atoms with Crippen molar-refractivity contribution in [3.8, 4) is 11.8 Å². The number of aromatic nitrogens is 2. The first kappa shape index (κ1) is 23.5. The van der Waals surface area contributed by atoms with E-state index in [0.717, 1.165) is 16.6 Å². The largest absolute Gasteiger partial charge is 0.484 e. The molecule has 0 atom stereocenters. The molecule has 0 saturated heterocycles. The van der Waals surface area contributed by atoms with Crippen molar-refractivity contribution in [1.82, 2.24) is 9.97 Å². The van der Waals surface area contributed by atoms with Gasteiger partial charge in [-0.05, 0) is 54.1 Å². The van der Waals surface area contributed by atoms with Gasteiger partial charge in [-0.25, -0.2) is 9.78 Å². The normalized spacial score (nSPS) is 11.1. The number of hydrogen-bond donors (Lipinski definition) is 2. The first-order chi connectivity index (χ1) is 17.0. The van der Waals surface area contributed by atoms with Crippen LogP contribution in [0.4, 0.5) is 5.69 Å².